The molecule has 0 aromatic heterocycles. The van der Waals surface area contributed by atoms with Crippen LogP contribution in [0, 0.1) is 0 Å². The van der Waals surface area contributed by atoms with Gasteiger partial charge in [-0.3, -0.25) is 0 Å². The van der Waals surface area contributed by atoms with E-state index < -0.39 is 6.10 Å². The summed E-state index contributed by atoms with van der Waals surface area (Å²) in [6, 6.07) is 7.94. The van der Waals surface area contributed by atoms with Gasteiger partial charge in [0.15, 0.2) is 0 Å². The van der Waals surface area contributed by atoms with Crippen LogP contribution in [0.4, 0.5) is 0 Å². The topological polar surface area (TPSA) is 60.0 Å². The lowest BCUT2D eigenvalue weighted by molar-refractivity contribution is 0.0679. The Bertz CT molecular complexity index is 356. The van der Waals surface area contributed by atoms with E-state index in [2.05, 4.69) is 12.2 Å². The van der Waals surface area contributed by atoms with Gasteiger partial charge in [-0.25, -0.2) is 0 Å². The molecule has 21 heavy (non-hydrogen) atoms. The Balaban J connectivity index is 2.03. The standard InChI is InChI=1S/C16H27NO4/c1-3-14-4-6-16(7-5-14)21-13-15(18)12-17-8-9-20-11-10-19-2/h4-7,15,17-18H,3,8-13H2,1-2H3. The van der Waals surface area contributed by atoms with Crippen molar-refractivity contribution in [2.75, 3.05) is 46.6 Å². The van der Waals surface area contributed by atoms with Gasteiger partial charge in [-0.05, 0) is 24.1 Å². The highest BCUT2D eigenvalue weighted by Crippen LogP contribution is 2.12. The molecule has 0 spiro atoms. The molecule has 0 aliphatic heterocycles. The first-order valence-corrected chi connectivity index (χ1v) is 7.43. The molecule has 1 unspecified atom stereocenters. The maximum absolute atomic E-state index is 9.80. The van der Waals surface area contributed by atoms with Crippen LogP contribution in [0.5, 0.6) is 5.75 Å². The van der Waals surface area contributed by atoms with Crippen LogP contribution in [0.25, 0.3) is 0 Å². The Morgan fingerprint density at radius 1 is 1.14 bits per heavy atom. The Morgan fingerprint density at radius 3 is 2.57 bits per heavy atom. The first-order chi connectivity index (χ1) is 10.3. The molecule has 5 heteroatoms. The van der Waals surface area contributed by atoms with Crippen molar-refractivity contribution in [2.45, 2.75) is 19.4 Å². The molecule has 0 bridgehead atoms. The van der Waals surface area contributed by atoms with Gasteiger partial charge in [-0.1, -0.05) is 19.1 Å². The van der Waals surface area contributed by atoms with Gasteiger partial charge >= 0.3 is 0 Å². The van der Waals surface area contributed by atoms with Gasteiger partial charge in [0, 0.05) is 20.2 Å². The summed E-state index contributed by atoms with van der Waals surface area (Å²) in [7, 11) is 1.65. The van der Waals surface area contributed by atoms with Gasteiger partial charge in [-0.2, -0.15) is 0 Å². The van der Waals surface area contributed by atoms with Crippen molar-refractivity contribution >= 4 is 0 Å². The summed E-state index contributed by atoms with van der Waals surface area (Å²) in [5.41, 5.74) is 1.28. The third-order valence-corrected chi connectivity index (χ3v) is 3.01. The van der Waals surface area contributed by atoms with Crippen LogP contribution in [0.3, 0.4) is 0 Å². The first kappa shape index (κ1) is 17.9. The number of ether oxygens (including phenoxy) is 3. The molecule has 5 nitrogen and oxygen atoms in total. The number of hydrogen-bond acceptors (Lipinski definition) is 5. The van der Waals surface area contributed by atoms with E-state index in [1.807, 2.05) is 24.3 Å². The van der Waals surface area contributed by atoms with E-state index in [9.17, 15) is 5.11 Å². The zero-order valence-corrected chi connectivity index (χ0v) is 13.0. The van der Waals surface area contributed by atoms with Crippen LogP contribution in [0.15, 0.2) is 24.3 Å². The highest BCUT2D eigenvalue weighted by Gasteiger charge is 2.04. The van der Waals surface area contributed by atoms with Crippen LogP contribution >= 0.6 is 0 Å². The van der Waals surface area contributed by atoms with Crippen LogP contribution in [-0.4, -0.2) is 57.8 Å². The normalized spacial score (nSPS) is 12.3. The molecular formula is C16H27NO4. The second-order valence-corrected chi connectivity index (χ2v) is 4.77. The quantitative estimate of drug-likeness (QED) is 0.569. The highest BCUT2D eigenvalue weighted by atomic mass is 16.5. The second-order valence-electron chi connectivity index (χ2n) is 4.77. The van der Waals surface area contributed by atoms with Crippen molar-refractivity contribution in [3.63, 3.8) is 0 Å². The maximum Gasteiger partial charge on any atom is 0.119 e. The molecule has 120 valence electrons. The lowest BCUT2D eigenvalue weighted by atomic mass is 10.2. The lowest BCUT2D eigenvalue weighted by Gasteiger charge is -2.13. The van der Waals surface area contributed by atoms with Gasteiger partial charge in [0.05, 0.1) is 19.8 Å². The molecule has 0 aliphatic carbocycles. The monoisotopic (exact) mass is 297 g/mol. The van der Waals surface area contributed by atoms with Gasteiger partial charge in [0.25, 0.3) is 0 Å². The summed E-state index contributed by atoms with van der Waals surface area (Å²) >= 11 is 0. The fraction of sp³-hybridized carbons (Fsp3) is 0.625. The first-order valence-electron chi connectivity index (χ1n) is 7.43. The SMILES string of the molecule is CCc1ccc(OCC(O)CNCCOCCOC)cc1. The molecule has 0 amide bonds. The van der Waals surface area contributed by atoms with Crippen LogP contribution in [-0.2, 0) is 15.9 Å². The molecule has 0 saturated heterocycles. The van der Waals surface area contributed by atoms with E-state index in [1.165, 1.54) is 5.56 Å². The average Bonchev–Trinajstić information content (AvgIpc) is 2.52. The largest absolute Gasteiger partial charge is 0.491 e. The minimum atomic E-state index is -0.533. The van der Waals surface area contributed by atoms with E-state index in [1.54, 1.807) is 7.11 Å². The molecule has 1 rings (SSSR count). The number of hydrogen-bond donors (Lipinski definition) is 2. The smallest absolute Gasteiger partial charge is 0.119 e. The van der Waals surface area contributed by atoms with E-state index >= 15 is 0 Å². The Morgan fingerprint density at radius 2 is 1.90 bits per heavy atom. The van der Waals surface area contributed by atoms with E-state index in [4.69, 9.17) is 14.2 Å². The van der Waals surface area contributed by atoms with Gasteiger partial charge < -0.3 is 24.6 Å². The van der Waals surface area contributed by atoms with Crippen molar-refractivity contribution in [2.24, 2.45) is 0 Å². The Labute approximate surface area is 127 Å². The zero-order chi connectivity index (χ0) is 15.3. The van der Waals surface area contributed by atoms with E-state index in [0.717, 1.165) is 12.2 Å². The Hall–Kier alpha value is -1.14. The van der Waals surface area contributed by atoms with Gasteiger partial charge in [0.2, 0.25) is 0 Å². The summed E-state index contributed by atoms with van der Waals surface area (Å²) in [4.78, 5) is 0. The average molecular weight is 297 g/mol. The lowest BCUT2D eigenvalue weighted by Crippen LogP contribution is -2.33. The predicted octanol–water partition coefficient (Wildman–Crippen LogP) is 1.24. The summed E-state index contributed by atoms with van der Waals surface area (Å²) in [6.07, 6.45) is 0.481. The number of aryl methyl sites for hydroxylation is 1. The molecule has 1 atom stereocenters. The number of aliphatic hydroxyl groups is 1. The fourth-order valence-electron chi connectivity index (χ4n) is 1.73. The minimum Gasteiger partial charge on any atom is -0.491 e. The summed E-state index contributed by atoms with van der Waals surface area (Å²) in [5, 5.41) is 12.9. The Kier molecular flexibility index (Phi) is 9.82. The molecule has 0 fully saturated rings. The van der Waals surface area contributed by atoms with Crippen molar-refractivity contribution in [1.82, 2.24) is 5.32 Å². The highest BCUT2D eigenvalue weighted by molar-refractivity contribution is 5.27. The van der Waals surface area contributed by atoms with Gasteiger partial charge in [0.1, 0.15) is 18.5 Å². The molecule has 2 N–H and O–H groups in total. The number of nitrogens with one attached hydrogen (secondary N) is 1. The maximum atomic E-state index is 9.80. The number of benzene rings is 1. The van der Waals surface area contributed by atoms with Crippen molar-refractivity contribution in [3.8, 4) is 5.75 Å². The summed E-state index contributed by atoms with van der Waals surface area (Å²) in [6.45, 7) is 5.39. The summed E-state index contributed by atoms with van der Waals surface area (Å²) < 4.78 is 15.7. The molecule has 1 aromatic rings. The number of rotatable bonds is 12. The van der Waals surface area contributed by atoms with Crippen LogP contribution in [0.1, 0.15) is 12.5 Å². The second kappa shape index (κ2) is 11.5. The van der Waals surface area contributed by atoms with Crippen molar-refractivity contribution in [1.29, 1.82) is 0 Å². The molecule has 0 heterocycles. The van der Waals surface area contributed by atoms with E-state index in [0.29, 0.717) is 32.9 Å². The molecule has 0 saturated carbocycles. The predicted molar refractivity (Wildman–Crippen MR) is 82.9 cm³/mol. The van der Waals surface area contributed by atoms with Crippen molar-refractivity contribution < 1.29 is 19.3 Å². The fourth-order valence-corrected chi connectivity index (χ4v) is 1.73. The molecule has 0 aliphatic rings. The van der Waals surface area contributed by atoms with Crippen LogP contribution < -0.4 is 10.1 Å². The number of methoxy groups -OCH3 is 1. The molecular weight excluding hydrogens is 270 g/mol. The third kappa shape index (κ3) is 8.67. The number of aliphatic hydroxyl groups excluding tert-OH is 1. The molecule has 1 aromatic carbocycles. The third-order valence-electron chi connectivity index (χ3n) is 3.01. The van der Waals surface area contributed by atoms with Crippen LogP contribution in [0.2, 0.25) is 0 Å². The van der Waals surface area contributed by atoms with E-state index in [-0.39, 0.29) is 6.61 Å². The zero-order valence-electron chi connectivity index (χ0n) is 13.0. The van der Waals surface area contributed by atoms with Crippen molar-refractivity contribution in [3.05, 3.63) is 29.8 Å². The summed E-state index contributed by atoms with van der Waals surface area (Å²) in [5.74, 6) is 0.786. The van der Waals surface area contributed by atoms with Gasteiger partial charge in [-0.15, -0.1) is 0 Å². The molecule has 0 radical (unpaired) electrons. The minimum absolute atomic E-state index is 0.281.